The van der Waals surface area contributed by atoms with Gasteiger partial charge in [0.15, 0.2) is 0 Å². The standard InChI is InChI=1S/C28H46N4O4/c1-18(27(33)30-10-4-12-31-13-15-35-16-14-31)36-19-7-8-24-23(17-19)21-9-11-29-25-20-5-2-3-6-22(20)28(34)32(24)26(21)25/h18-26,29H,2-17H2,1H3,(H,30,33)/t18-,19?,20?,21?,22?,23?,24?,25?,26?/m0/s1. The molecule has 8 nitrogen and oxygen atoms in total. The highest BCUT2D eigenvalue weighted by molar-refractivity contribution is 5.82. The molecule has 202 valence electrons. The number of ether oxygens (including phenoxy) is 2. The summed E-state index contributed by atoms with van der Waals surface area (Å²) in [7, 11) is 0. The fourth-order valence-corrected chi connectivity index (χ4v) is 8.76. The molecule has 4 heterocycles. The van der Waals surface area contributed by atoms with Gasteiger partial charge in [-0.3, -0.25) is 14.5 Å². The number of fused-ring (bicyclic) bond motifs is 5. The number of nitrogens with one attached hydrogen (secondary N) is 2. The molecule has 2 N–H and O–H groups in total. The van der Waals surface area contributed by atoms with Crippen LogP contribution in [0.2, 0.25) is 0 Å². The summed E-state index contributed by atoms with van der Waals surface area (Å²) in [6, 6.07) is 1.24. The Morgan fingerprint density at radius 1 is 1.11 bits per heavy atom. The van der Waals surface area contributed by atoms with Gasteiger partial charge in [-0.2, -0.15) is 0 Å². The van der Waals surface area contributed by atoms with Crippen LogP contribution < -0.4 is 10.6 Å². The first-order valence-electron chi connectivity index (χ1n) is 14.9. The predicted octanol–water partition coefficient (Wildman–Crippen LogP) is 1.78. The third-order valence-electron chi connectivity index (χ3n) is 10.4. The van der Waals surface area contributed by atoms with Gasteiger partial charge in [-0.05, 0) is 82.7 Å². The topological polar surface area (TPSA) is 83.1 Å². The second-order valence-corrected chi connectivity index (χ2v) is 12.3. The number of hydrogen-bond acceptors (Lipinski definition) is 6. The van der Waals surface area contributed by atoms with Gasteiger partial charge in [0, 0.05) is 37.6 Å². The van der Waals surface area contributed by atoms with E-state index in [1.165, 1.54) is 19.3 Å². The van der Waals surface area contributed by atoms with E-state index in [1.54, 1.807) is 0 Å². The first kappa shape index (κ1) is 25.1. The average molecular weight is 503 g/mol. The van der Waals surface area contributed by atoms with Crippen molar-refractivity contribution in [3.63, 3.8) is 0 Å². The summed E-state index contributed by atoms with van der Waals surface area (Å²) in [6.45, 7) is 8.27. The van der Waals surface area contributed by atoms with Crippen LogP contribution in [0.15, 0.2) is 0 Å². The second kappa shape index (κ2) is 10.9. The van der Waals surface area contributed by atoms with Gasteiger partial charge in [-0.1, -0.05) is 12.8 Å². The summed E-state index contributed by atoms with van der Waals surface area (Å²) < 4.78 is 11.8. The van der Waals surface area contributed by atoms with Gasteiger partial charge < -0.3 is 25.0 Å². The summed E-state index contributed by atoms with van der Waals surface area (Å²) in [4.78, 5) is 31.2. The van der Waals surface area contributed by atoms with E-state index in [-0.39, 0.29) is 17.9 Å². The van der Waals surface area contributed by atoms with Crippen LogP contribution in [0.1, 0.15) is 64.7 Å². The van der Waals surface area contributed by atoms with Crippen LogP contribution in [0.5, 0.6) is 0 Å². The Morgan fingerprint density at radius 3 is 2.81 bits per heavy atom. The minimum Gasteiger partial charge on any atom is -0.379 e. The van der Waals surface area contributed by atoms with Crippen molar-refractivity contribution in [2.75, 3.05) is 45.9 Å². The lowest BCUT2D eigenvalue weighted by molar-refractivity contribution is -0.152. The zero-order chi connectivity index (χ0) is 24.6. The minimum atomic E-state index is -0.427. The Morgan fingerprint density at radius 2 is 1.94 bits per heavy atom. The lowest BCUT2D eigenvalue weighted by atomic mass is 9.66. The number of carbonyl (C=O) groups is 2. The lowest BCUT2D eigenvalue weighted by Crippen LogP contribution is -2.66. The molecule has 6 fully saturated rings. The Balaban J connectivity index is 1.02. The fourth-order valence-electron chi connectivity index (χ4n) is 8.76. The van der Waals surface area contributed by atoms with Crippen molar-refractivity contribution in [1.82, 2.24) is 20.4 Å². The van der Waals surface area contributed by atoms with Crippen molar-refractivity contribution in [2.24, 2.45) is 23.7 Å². The average Bonchev–Trinajstić information content (AvgIpc) is 3.25. The molecule has 2 aliphatic carbocycles. The van der Waals surface area contributed by atoms with Crippen molar-refractivity contribution < 1.29 is 19.1 Å². The van der Waals surface area contributed by atoms with Crippen molar-refractivity contribution >= 4 is 11.8 Å². The van der Waals surface area contributed by atoms with Crippen LogP contribution in [0.25, 0.3) is 0 Å². The number of carbonyl (C=O) groups excluding carboxylic acids is 2. The molecule has 36 heavy (non-hydrogen) atoms. The molecule has 0 aromatic carbocycles. The molecule has 9 atom stereocenters. The van der Waals surface area contributed by atoms with E-state index in [1.807, 2.05) is 6.92 Å². The molecule has 0 aromatic rings. The Kier molecular flexibility index (Phi) is 7.57. The summed E-state index contributed by atoms with van der Waals surface area (Å²) in [5, 5.41) is 6.95. The number of nitrogens with zero attached hydrogens (tertiary/aromatic N) is 2. The monoisotopic (exact) mass is 502 g/mol. The van der Waals surface area contributed by atoms with E-state index in [2.05, 4.69) is 20.4 Å². The highest BCUT2D eigenvalue weighted by Crippen LogP contribution is 2.54. The number of amides is 2. The highest BCUT2D eigenvalue weighted by atomic mass is 16.5. The van der Waals surface area contributed by atoms with Gasteiger partial charge in [0.05, 0.1) is 25.4 Å². The number of morpholine rings is 1. The van der Waals surface area contributed by atoms with Gasteiger partial charge in [0.1, 0.15) is 6.10 Å². The minimum absolute atomic E-state index is 0.00382. The molecule has 0 spiro atoms. The van der Waals surface area contributed by atoms with Gasteiger partial charge >= 0.3 is 0 Å². The SMILES string of the molecule is C[C@H](OC1CCC2C(C1)C1CCNC3C4CCCCC4C(=O)N2C13)C(=O)NCCCN1CCOCC1. The molecular weight excluding hydrogens is 456 g/mol. The van der Waals surface area contributed by atoms with Crippen LogP contribution >= 0.6 is 0 Å². The van der Waals surface area contributed by atoms with Crippen LogP contribution in [-0.2, 0) is 19.1 Å². The van der Waals surface area contributed by atoms with Crippen LogP contribution in [-0.4, -0.2) is 97.9 Å². The van der Waals surface area contributed by atoms with Crippen molar-refractivity contribution in [3.05, 3.63) is 0 Å². The first-order chi connectivity index (χ1) is 17.6. The molecule has 2 amide bonds. The summed E-state index contributed by atoms with van der Waals surface area (Å²) in [5.74, 6) is 2.35. The molecule has 4 saturated heterocycles. The molecule has 8 unspecified atom stereocenters. The number of rotatable bonds is 7. The van der Waals surface area contributed by atoms with Crippen LogP contribution in [0.4, 0.5) is 0 Å². The Hall–Kier alpha value is -1.22. The lowest BCUT2D eigenvalue weighted by Gasteiger charge is -2.52. The van der Waals surface area contributed by atoms with E-state index in [9.17, 15) is 9.59 Å². The van der Waals surface area contributed by atoms with Crippen molar-refractivity contribution in [3.8, 4) is 0 Å². The predicted molar refractivity (Wildman–Crippen MR) is 136 cm³/mol. The summed E-state index contributed by atoms with van der Waals surface area (Å²) in [5.41, 5.74) is 0. The van der Waals surface area contributed by atoms with Crippen LogP contribution in [0.3, 0.4) is 0 Å². The summed E-state index contributed by atoms with van der Waals surface area (Å²) in [6.07, 6.45) is 9.55. The first-order valence-corrected chi connectivity index (χ1v) is 14.9. The Labute approximate surface area is 216 Å². The third kappa shape index (κ3) is 4.72. The molecule has 6 aliphatic rings. The number of piperidine rings is 2. The van der Waals surface area contributed by atoms with E-state index >= 15 is 0 Å². The number of hydrogen-bond donors (Lipinski definition) is 2. The maximum Gasteiger partial charge on any atom is 0.248 e. The zero-order valence-corrected chi connectivity index (χ0v) is 22.0. The molecule has 6 rings (SSSR count). The third-order valence-corrected chi connectivity index (χ3v) is 10.4. The normalized spacial score (nSPS) is 41.2. The van der Waals surface area contributed by atoms with Crippen LogP contribution in [0, 0.1) is 23.7 Å². The van der Waals surface area contributed by atoms with E-state index in [0.717, 1.165) is 77.9 Å². The van der Waals surface area contributed by atoms with Crippen molar-refractivity contribution in [2.45, 2.75) is 95.0 Å². The highest BCUT2D eigenvalue weighted by Gasteiger charge is 2.61. The maximum absolute atomic E-state index is 13.7. The zero-order valence-electron chi connectivity index (χ0n) is 22.0. The molecule has 0 radical (unpaired) electrons. The molecule has 0 aromatic heterocycles. The van der Waals surface area contributed by atoms with Crippen molar-refractivity contribution in [1.29, 1.82) is 0 Å². The van der Waals surface area contributed by atoms with E-state index < -0.39 is 6.10 Å². The quantitative estimate of drug-likeness (QED) is 0.517. The largest absolute Gasteiger partial charge is 0.379 e. The molecule has 0 bridgehead atoms. The summed E-state index contributed by atoms with van der Waals surface area (Å²) >= 11 is 0. The van der Waals surface area contributed by atoms with Gasteiger partial charge in [0.2, 0.25) is 11.8 Å². The van der Waals surface area contributed by atoms with E-state index in [0.29, 0.717) is 48.3 Å². The molecule has 8 heteroatoms. The maximum atomic E-state index is 13.7. The fraction of sp³-hybridized carbons (Fsp3) is 0.929. The second-order valence-electron chi connectivity index (χ2n) is 12.3. The van der Waals surface area contributed by atoms with E-state index in [4.69, 9.17) is 9.47 Å². The van der Waals surface area contributed by atoms with Gasteiger partial charge in [0.25, 0.3) is 0 Å². The van der Waals surface area contributed by atoms with Gasteiger partial charge in [-0.15, -0.1) is 0 Å². The molecular formula is C28H46N4O4. The molecule has 4 aliphatic heterocycles. The Bertz CT molecular complexity index is 804. The smallest absolute Gasteiger partial charge is 0.248 e. The molecule has 2 saturated carbocycles. The van der Waals surface area contributed by atoms with Gasteiger partial charge in [-0.25, -0.2) is 0 Å².